The maximum atomic E-state index is 12.4. The number of hydrogen-bond acceptors (Lipinski definition) is 4. The first kappa shape index (κ1) is 25.6. The van der Waals surface area contributed by atoms with Gasteiger partial charge in [-0.25, -0.2) is 17.9 Å². The summed E-state index contributed by atoms with van der Waals surface area (Å²) in [6.45, 7) is 2.36. The van der Waals surface area contributed by atoms with Crippen LogP contribution in [0.25, 0.3) is 0 Å². The molecule has 176 valence electrons. The van der Waals surface area contributed by atoms with Crippen LogP contribution in [0.3, 0.4) is 0 Å². The number of hydrogen-bond donors (Lipinski definition) is 3. The molecule has 0 saturated carbocycles. The van der Waals surface area contributed by atoms with Crippen molar-refractivity contribution in [1.82, 2.24) is 15.4 Å². The first-order valence-corrected chi connectivity index (χ1v) is 11.3. The van der Waals surface area contributed by atoms with Gasteiger partial charge in [-0.05, 0) is 42.2 Å². The number of ether oxygens (including phenoxy) is 1. The Bertz CT molecular complexity index is 1010. The van der Waals surface area contributed by atoms with Gasteiger partial charge in [0.2, 0.25) is 10.0 Å². The number of sulfonamides is 1. The van der Waals surface area contributed by atoms with Crippen molar-refractivity contribution in [2.24, 2.45) is 0 Å². The van der Waals surface area contributed by atoms with E-state index < -0.39 is 28.8 Å². The molecule has 32 heavy (non-hydrogen) atoms. The fourth-order valence-electron chi connectivity index (χ4n) is 2.72. The molecule has 0 bridgehead atoms. The molecule has 0 aliphatic rings. The van der Waals surface area contributed by atoms with Crippen LogP contribution in [-0.2, 0) is 27.9 Å². The molecule has 2 amide bonds. The van der Waals surface area contributed by atoms with E-state index in [4.69, 9.17) is 0 Å². The molecule has 0 spiro atoms. The highest BCUT2D eigenvalue weighted by Crippen LogP contribution is 2.17. The number of urea groups is 1. The number of carbonyl (C=O) groups is 1. The molecule has 3 N–H and O–H groups in total. The monoisotopic (exact) mass is 473 g/mol. The lowest BCUT2D eigenvalue weighted by Gasteiger charge is -2.11. The van der Waals surface area contributed by atoms with Crippen molar-refractivity contribution in [3.8, 4) is 0 Å². The second-order valence-corrected chi connectivity index (χ2v) is 8.94. The van der Waals surface area contributed by atoms with E-state index in [1.807, 2.05) is 6.07 Å². The summed E-state index contributed by atoms with van der Waals surface area (Å²) < 4.78 is 68.1. The lowest BCUT2D eigenvalue weighted by molar-refractivity contribution is -0.176. The van der Waals surface area contributed by atoms with E-state index in [-0.39, 0.29) is 31.1 Å². The minimum atomic E-state index is -4.36. The average Bonchev–Trinajstić information content (AvgIpc) is 2.71. The lowest BCUT2D eigenvalue weighted by Crippen LogP contribution is -2.40. The third-order valence-electron chi connectivity index (χ3n) is 4.35. The highest BCUT2D eigenvalue weighted by Gasteiger charge is 2.27. The molecule has 11 heteroatoms. The van der Waals surface area contributed by atoms with Crippen molar-refractivity contribution in [3.63, 3.8) is 0 Å². The third-order valence-corrected chi connectivity index (χ3v) is 5.95. The van der Waals surface area contributed by atoms with Gasteiger partial charge in [0.15, 0.2) is 0 Å². The van der Waals surface area contributed by atoms with Crippen LogP contribution < -0.4 is 15.4 Å². The van der Waals surface area contributed by atoms with E-state index in [0.29, 0.717) is 11.1 Å². The van der Waals surface area contributed by atoms with Crippen LogP contribution in [0.15, 0.2) is 47.4 Å². The Kier molecular flexibility index (Phi) is 9.05. The van der Waals surface area contributed by atoms with Gasteiger partial charge in [0.25, 0.3) is 0 Å². The van der Waals surface area contributed by atoms with Gasteiger partial charge in [0.1, 0.15) is 6.61 Å². The van der Waals surface area contributed by atoms with Crippen LogP contribution in [0.5, 0.6) is 0 Å². The van der Waals surface area contributed by atoms with Gasteiger partial charge in [-0.15, -0.1) is 0 Å². The Balaban J connectivity index is 1.69. The molecule has 0 atom stereocenters. The van der Waals surface area contributed by atoms with E-state index in [2.05, 4.69) is 20.1 Å². The number of benzene rings is 2. The molecule has 0 aromatic heterocycles. The van der Waals surface area contributed by atoms with E-state index >= 15 is 0 Å². The van der Waals surface area contributed by atoms with Crippen LogP contribution in [0.2, 0.25) is 0 Å². The van der Waals surface area contributed by atoms with E-state index in [1.54, 1.807) is 50.2 Å². The van der Waals surface area contributed by atoms with Gasteiger partial charge in [-0.2, -0.15) is 13.2 Å². The zero-order valence-electron chi connectivity index (χ0n) is 17.8. The van der Waals surface area contributed by atoms with Crippen LogP contribution in [0.1, 0.15) is 22.3 Å². The largest absolute Gasteiger partial charge is 0.411 e. The first-order valence-electron chi connectivity index (χ1n) is 9.77. The molecule has 0 unspecified atom stereocenters. The smallest absolute Gasteiger partial charge is 0.367 e. The highest BCUT2D eigenvalue weighted by molar-refractivity contribution is 7.89. The normalized spacial score (nSPS) is 11.9. The standard InChI is InChI=1S/C21H26F3N3O4S/c1-15-3-4-16(2)19(11-15)32(29,30)27-10-9-25-20(28)26-12-17-5-7-18(8-6-17)13-31-14-21(22,23)24/h3-8,11,27H,9-10,12-14H2,1-2H3,(H2,25,26,28). The molecule has 0 aliphatic carbocycles. The number of carbonyl (C=O) groups excluding carboxylic acids is 1. The van der Waals surface area contributed by atoms with E-state index in [1.165, 1.54) is 0 Å². The quantitative estimate of drug-likeness (QED) is 0.462. The fourth-order valence-corrected chi connectivity index (χ4v) is 4.08. The summed E-state index contributed by atoms with van der Waals surface area (Å²) in [4.78, 5) is 12.1. The summed E-state index contributed by atoms with van der Waals surface area (Å²) >= 11 is 0. The number of nitrogens with one attached hydrogen (secondary N) is 3. The van der Waals surface area contributed by atoms with Crippen molar-refractivity contribution in [1.29, 1.82) is 0 Å². The molecule has 7 nitrogen and oxygen atoms in total. The maximum Gasteiger partial charge on any atom is 0.411 e. The summed E-state index contributed by atoms with van der Waals surface area (Å²) in [6.07, 6.45) is -4.36. The zero-order chi connectivity index (χ0) is 23.8. The van der Waals surface area contributed by atoms with Gasteiger partial charge >= 0.3 is 12.2 Å². The Labute approximate surface area is 185 Å². The average molecular weight is 474 g/mol. The van der Waals surface area contributed by atoms with E-state index in [0.717, 1.165) is 11.1 Å². The molecule has 0 fully saturated rings. The topological polar surface area (TPSA) is 96.5 Å². The molecule has 0 aliphatic heterocycles. The number of alkyl halides is 3. The van der Waals surface area contributed by atoms with E-state index in [9.17, 15) is 26.4 Å². The fraction of sp³-hybridized carbons (Fsp3) is 0.381. The molecule has 0 radical (unpaired) electrons. The Morgan fingerprint density at radius 2 is 1.62 bits per heavy atom. The predicted molar refractivity (Wildman–Crippen MR) is 113 cm³/mol. The summed E-state index contributed by atoms with van der Waals surface area (Å²) in [5, 5.41) is 5.17. The van der Waals surface area contributed by atoms with Crippen LogP contribution >= 0.6 is 0 Å². The molecular weight excluding hydrogens is 447 g/mol. The molecule has 2 aromatic carbocycles. The second-order valence-electron chi connectivity index (χ2n) is 7.20. The van der Waals surface area contributed by atoms with Gasteiger partial charge in [0, 0.05) is 19.6 Å². The molecule has 0 heterocycles. The summed E-state index contributed by atoms with van der Waals surface area (Å²) in [5.74, 6) is 0. The Morgan fingerprint density at radius 1 is 0.969 bits per heavy atom. The second kappa shape index (κ2) is 11.3. The number of rotatable bonds is 10. The number of aryl methyl sites for hydroxylation is 2. The summed E-state index contributed by atoms with van der Waals surface area (Å²) in [5.41, 5.74) is 2.79. The number of halogens is 3. The van der Waals surface area contributed by atoms with Gasteiger partial charge in [-0.1, -0.05) is 36.4 Å². The Morgan fingerprint density at radius 3 is 2.28 bits per heavy atom. The minimum absolute atomic E-state index is 0.0236. The first-order chi connectivity index (χ1) is 15.0. The molecule has 0 saturated heterocycles. The van der Waals surface area contributed by atoms with Crippen molar-refractivity contribution in [2.45, 2.75) is 38.1 Å². The van der Waals surface area contributed by atoms with Crippen molar-refractivity contribution < 1.29 is 31.1 Å². The maximum absolute atomic E-state index is 12.4. The van der Waals surface area contributed by atoms with Crippen molar-refractivity contribution in [2.75, 3.05) is 19.7 Å². The summed E-state index contributed by atoms with van der Waals surface area (Å²) in [7, 11) is -3.68. The van der Waals surface area contributed by atoms with Gasteiger partial charge < -0.3 is 15.4 Å². The lowest BCUT2D eigenvalue weighted by atomic mass is 10.1. The minimum Gasteiger partial charge on any atom is -0.367 e. The molecule has 2 aromatic rings. The number of amides is 2. The van der Waals surface area contributed by atoms with Gasteiger partial charge in [-0.3, -0.25) is 0 Å². The van der Waals surface area contributed by atoms with Crippen LogP contribution in [-0.4, -0.2) is 40.3 Å². The molecule has 2 rings (SSSR count). The van der Waals surface area contributed by atoms with Crippen LogP contribution in [0, 0.1) is 13.8 Å². The zero-order valence-corrected chi connectivity index (χ0v) is 18.6. The van der Waals surface area contributed by atoms with Crippen LogP contribution in [0.4, 0.5) is 18.0 Å². The van der Waals surface area contributed by atoms with Crippen molar-refractivity contribution in [3.05, 3.63) is 64.7 Å². The summed E-state index contributed by atoms with van der Waals surface area (Å²) in [6, 6.07) is 11.3. The SMILES string of the molecule is Cc1ccc(C)c(S(=O)(=O)NCCNC(=O)NCc2ccc(COCC(F)(F)F)cc2)c1. The molecular formula is C21H26F3N3O4S. The van der Waals surface area contributed by atoms with Crippen molar-refractivity contribution >= 4 is 16.1 Å². The predicted octanol–water partition coefficient (Wildman–Crippen LogP) is 3.16. The van der Waals surface area contributed by atoms with Gasteiger partial charge in [0.05, 0.1) is 11.5 Å². The third kappa shape index (κ3) is 8.85. The highest BCUT2D eigenvalue weighted by atomic mass is 32.2. The Hall–Kier alpha value is -2.63.